The van der Waals surface area contributed by atoms with Crippen LogP contribution in [0.25, 0.3) is 0 Å². The van der Waals surface area contributed by atoms with Gasteiger partial charge in [-0.1, -0.05) is 55.0 Å². The van der Waals surface area contributed by atoms with Crippen molar-refractivity contribution < 1.29 is 13.2 Å². The maximum absolute atomic E-state index is 13.7. The van der Waals surface area contributed by atoms with Gasteiger partial charge in [0.2, 0.25) is 5.91 Å². The number of hydrogen-bond acceptors (Lipinski definition) is 4. The van der Waals surface area contributed by atoms with Crippen molar-refractivity contribution in [1.82, 2.24) is 15.1 Å². The van der Waals surface area contributed by atoms with Gasteiger partial charge in [0.15, 0.2) is 0 Å². The van der Waals surface area contributed by atoms with E-state index in [2.05, 4.69) is 10.4 Å². The molecule has 0 aliphatic rings. The molecule has 3 aromatic rings. The summed E-state index contributed by atoms with van der Waals surface area (Å²) in [5, 5.41) is 7.13. The maximum Gasteiger partial charge on any atom is 0.268 e. The van der Waals surface area contributed by atoms with Crippen LogP contribution in [0.5, 0.6) is 0 Å². The van der Waals surface area contributed by atoms with E-state index >= 15 is 0 Å². The fourth-order valence-electron chi connectivity index (χ4n) is 3.62. The summed E-state index contributed by atoms with van der Waals surface area (Å²) in [6.45, 7) is 7.41. The Hall–Kier alpha value is -3.13. The average Bonchev–Trinajstić information content (AvgIpc) is 3.03. The van der Waals surface area contributed by atoms with Crippen molar-refractivity contribution in [3.63, 3.8) is 0 Å². The molecule has 1 amide bonds. The first kappa shape index (κ1) is 23.5. The first-order chi connectivity index (χ1) is 15.1. The van der Waals surface area contributed by atoms with Crippen LogP contribution in [0.1, 0.15) is 35.4 Å². The molecule has 0 spiro atoms. The summed E-state index contributed by atoms with van der Waals surface area (Å²) in [4.78, 5) is 13.0. The maximum atomic E-state index is 13.7. The number of rotatable bonds is 8. The molecule has 2 aromatic carbocycles. The molecule has 0 radical (unpaired) electrons. The number of anilines is 1. The van der Waals surface area contributed by atoms with Gasteiger partial charge in [0.1, 0.15) is 11.4 Å². The van der Waals surface area contributed by atoms with Crippen LogP contribution in [0.2, 0.25) is 0 Å². The molecule has 1 atom stereocenters. The fraction of sp³-hybridized carbons (Fsp3) is 0.333. The number of carbonyl (C=O) groups excluding carboxylic acids is 1. The van der Waals surface area contributed by atoms with E-state index in [-0.39, 0.29) is 23.3 Å². The zero-order chi connectivity index (χ0) is 23.5. The first-order valence-corrected chi connectivity index (χ1v) is 12.0. The Morgan fingerprint density at radius 1 is 1.06 bits per heavy atom. The number of nitrogens with zero attached hydrogens (tertiary/aromatic N) is 3. The number of aryl methyl sites for hydroxylation is 3. The molecule has 0 fully saturated rings. The first-order valence-electron chi connectivity index (χ1n) is 10.5. The highest BCUT2D eigenvalue weighted by molar-refractivity contribution is 7.93. The highest BCUT2D eigenvalue weighted by Crippen LogP contribution is 2.28. The lowest BCUT2D eigenvalue weighted by molar-refractivity contribution is -0.119. The zero-order valence-corrected chi connectivity index (χ0v) is 20.0. The van der Waals surface area contributed by atoms with Crippen molar-refractivity contribution in [2.45, 2.75) is 38.5 Å². The highest BCUT2D eigenvalue weighted by Gasteiger charge is 2.32. The van der Waals surface area contributed by atoms with Crippen LogP contribution in [-0.2, 0) is 21.9 Å². The van der Waals surface area contributed by atoms with Gasteiger partial charge in [0, 0.05) is 13.6 Å². The monoisotopic (exact) mass is 454 g/mol. The van der Waals surface area contributed by atoms with E-state index in [4.69, 9.17) is 0 Å². The van der Waals surface area contributed by atoms with Crippen molar-refractivity contribution in [2.24, 2.45) is 7.05 Å². The summed E-state index contributed by atoms with van der Waals surface area (Å²) in [6, 6.07) is 17.0. The van der Waals surface area contributed by atoms with Gasteiger partial charge in [-0.2, -0.15) is 5.10 Å². The van der Waals surface area contributed by atoms with Crippen LogP contribution >= 0.6 is 0 Å². The normalized spacial score (nSPS) is 12.4. The molecule has 1 unspecified atom stereocenters. The predicted octanol–water partition coefficient (Wildman–Crippen LogP) is 3.46. The van der Waals surface area contributed by atoms with Crippen molar-refractivity contribution in [2.75, 3.05) is 17.4 Å². The van der Waals surface area contributed by atoms with Crippen LogP contribution in [-0.4, -0.2) is 37.2 Å². The van der Waals surface area contributed by atoms with E-state index in [0.29, 0.717) is 23.6 Å². The summed E-state index contributed by atoms with van der Waals surface area (Å²) in [7, 11) is -2.30. The molecule has 1 N–H and O–H groups in total. The second-order valence-electron chi connectivity index (χ2n) is 8.09. The van der Waals surface area contributed by atoms with Gasteiger partial charge < -0.3 is 5.32 Å². The minimum Gasteiger partial charge on any atom is -0.354 e. The van der Waals surface area contributed by atoms with Crippen molar-refractivity contribution in [3.8, 4) is 0 Å². The van der Waals surface area contributed by atoms with Crippen molar-refractivity contribution >= 4 is 21.6 Å². The summed E-state index contributed by atoms with van der Waals surface area (Å²) >= 11 is 0. The molecule has 0 aliphatic heterocycles. The van der Waals surface area contributed by atoms with Gasteiger partial charge in [-0.3, -0.25) is 13.8 Å². The minimum absolute atomic E-state index is 0.104. The molecule has 3 rings (SSSR count). The van der Waals surface area contributed by atoms with Crippen LogP contribution in [0.4, 0.5) is 5.69 Å². The molecule has 0 bridgehead atoms. The summed E-state index contributed by atoms with van der Waals surface area (Å²) < 4.78 is 30.0. The third-order valence-electron chi connectivity index (χ3n) is 5.57. The molecule has 7 nitrogen and oxygen atoms in total. The SMILES string of the molecule is Cc1ccc(N(CC(=O)NCC(C)c2ccccc2)S(=O)(=O)c2c(C)nn(C)c2C)cc1. The average molecular weight is 455 g/mol. The summed E-state index contributed by atoms with van der Waals surface area (Å²) in [5.74, 6) is -0.261. The number of benzene rings is 2. The van der Waals surface area contributed by atoms with Gasteiger partial charge in [-0.05, 0) is 44.4 Å². The third-order valence-corrected chi connectivity index (χ3v) is 7.60. The molecule has 0 saturated carbocycles. The van der Waals surface area contributed by atoms with Crippen LogP contribution < -0.4 is 9.62 Å². The van der Waals surface area contributed by atoms with Gasteiger partial charge >= 0.3 is 0 Å². The molecular formula is C24H30N4O3S. The Morgan fingerprint density at radius 2 is 1.69 bits per heavy atom. The molecule has 1 heterocycles. The van der Waals surface area contributed by atoms with Crippen molar-refractivity contribution in [1.29, 1.82) is 0 Å². The minimum atomic E-state index is -4.00. The van der Waals surface area contributed by atoms with Gasteiger partial charge in [0.25, 0.3) is 10.0 Å². The summed E-state index contributed by atoms with van der Waals surface area (Å²) in [6.07, 6.45) is 0. The second kappa shape index (κ2) is 9.56. The topological polar surface area (TPSA) is 84.3 Å². The smallest absolute Gasteiger partial charge is 0.268 e. The predicted molar refractivity (Wildman–Crippen MR) is 126 cm³/mol. The Balaban J connectivity index is 1.87. The van der Waals surface area contributed by atoms with E-state index in [9.17, 15) is 13.2 Å². The third kappa shape index (κ3) is 5.02. The van der Waals surface area contributed by atoms with E-state index in [1.807, 2.05) is 56.3 Å². The van der Waals surface area contributed by atoms with Crippen LogP contribution in [0.15, 0.2) is 59.5 Å². The fourth-order valence-corrected chi connectivity index (χ4v) is 5.44. The number of sulfonamides is 1. The standard InChI is InChI=1S/C24H30N4O3S/c1-17-11-13-22(14-12-17)28(32(30,31)24-19(3)26-27(5)20(24)4)16-23(29)25-15-18(2)21-9-7-6-8-10-21/h6-14,18H,15-16H2,1-5H3,(H,25,29). The zero-order valence-electron chi connectivity index (χ0n) is 19.2. The van der Waals surface area contributed by atoms with Gasteiger partial charge in [0.05, 0.1) is 17.1 Å². The Labute approximate surface area is 190 Å². The largest absolute Gasteiger partial charge is 0.354 e. The Morgan fingerprint density at radius 3 is 2.25 bits per heavy atom. The van der Waals surface area contributed by atoms with Crippen LogP contribution in [0, 0.1) is 20.8 Å². The van der Waals surface area contributed by atoms with Gasteiger partial charge in [-0.15, -0.1) is 0 Å². The Bertz CT molecular complexity index is 1190. The highest BCUT2D eigenvalue weighted by atomic mass is 32.2. The number of amides is 1. The molecule has 32 heavy (non-hydrogen) atoms. The van der Waals surface area contributed by atoms with E-state index < -0.39 is 10.0 Å². The lowest BCUT2D eigenvalue weighted by Gasteiger charge is -2.25. The quantitative estimate of drug-likeness (QED) is 0.565. The lowest BCUT2D eigenvalue weighted by atomic mass is 10.0. The molecule has 170 valence electrons. The van der Waals surface area contributed by atoms with Gasteiger partial charge in [-0.25, -0.2) is 8.42 Å². The number of aromatic nitrogens is 2. The van der Waals surface area contributed by atoms with E-state index in [1.165, 1.54) is 4.68 Å². The molecular weight excluding hydrogens is 424 g/mol. The number of carbonyl (C=O) groups is 1. The molecule has 0 saturated heterocycles. The summed E-state index contributed by atoms with van der Waals surface area (Å²) in [5.41, 5.74) is 3.47. The number of hydrogen-bond donors (Lipinski definition) is 1. The number of nitrogens with one attached hydrogen (secondary N) is 1. The second-order valence-corrected chi connectivity index (χ2v) is 9.89. The van der Waals surface area contributed by atoms with Crippen LogP contribution in [0.3, 0.4) is 0 Å². The van der Waals surface area contributed by atoms with E-state index in [1.54, 1.807) is 33.0 Å². The lowest BCUT2D eigenvalue weighted by Crippen LogP contribution is -2.42. The Kier molecular flexibility index (Phi) is 7.03. The molecule has 0 aliphatic carbocycles. The van der Waals surface area contributed by atoms with E-state index in [0.717, 1.165) is 15.4 Å². The molecule has 1 aromatic heterocycles. The van der Waals surface area contributed by atoms with Crippen molar-refractivity contribution in [3.05, 3.63) is 77.1 Å². The molecule has 8 heteroatoms.